The Morgan fingerprint density at radius 3 is 2.48 bits per heavy atom. The lowest BCUT2D eigenvalue weighted by Gasteiger charge is -2.27. The number of nitrogens with zero attached hydrogens (tertiary/aromatic N) is 6. The fourth-order valence-electron chi connectivity index (χ4n) is 3.69. The molecule has 10 heteroatoms. The van der Waals surface area contributed by atoms with Crippen LogP contribution in [-0.2, 0) is 4.74 Å². The second kappa shape index (κ2) is 8.32. The third-order valence-corrected chi connectivity index (χ3v) is 5.29. The second-order valence-corrected chi connectivity index (χ2v) is 7.43. The molecule has 1 saturated heterocycles. The summed E-state index contributed by atoms with van der Waals surface area (Å²) in [6, 6.07) is 15.5. The Morgan fingerprint density at radius 2 is 1.67 bits per heavy atom. The Morgan fingerprint density at radius 1 is 0.848 bits per heavy atom. The van der Waals surface area contributed by atoms with Crippen molar-refractivity contribution in [1.29, 1.82) is 0 Å². The molecular weight excluding hydrogens is 422 g/mol. The molecule has 0 atom stereocenters. The highest BCUT2D eigenvalue weighted by Gasteiger charge is 2.22. The zero-order chi connectivity index (χ0) is 22.0. The van der Waals surface area contributed by atoms with Crippen molar-refractivity contribution >= 4 is 28.9 Å². The number of morpholine rings is 1. The van der Waals surface area contributed by atoms with Crippen LogP contribution in [0.4, 0.5) is 17.8 Å². The first kappa shape index (κ1) is 19.4. The molecule has 10 nitrogen and oxygen atoms in total. The van der Waals surface area contributed by atoms with Gasteiger partial charge in [0.05, 0.1) is 13.2 Å². The molecule has 1 aromatic carbocycles. The molecule has 6 rings (SSSR count). The van der Waals surface area contributed by atoms with Crippen molar-refractivity contribution in [3.05, 3.63) is 60.9 Å². The minimum atomic E-state index is 0.207. The minimum absolute atomic E-state index is 0.207. The maximum absolute atomic E-state index is 6.19. The summed E-state index contributed by atoms with van der Waals surface area (Å²) in [5, 5.41) is 11.2. The van der Waals surface area contributed by atoms with Crippen molar-refractivity contribution in [3.8, 4) is 22.8 Å². The molecule has 0 unspecified atom stereocenters. The van der Waals surface area contributed by atoms with Crippen LogP contribution in [0.25, 0.3) is 33.9 Å². The zero-order valence-corrected chi connectivity index (χ0v) is 17.5. The summed E-state index contributed by atoms with van der Waals surface area (Å²) in [5.74, 6) is 2.14. The predicted molar refractivity (Wildman–Crippen MR) is 121 cm³/mol. The van der Waals surface area contributed by atoms with Crippen molar-refractivity contribution in [1.82, 2.24) is 25.1 Å². The van der Waals surface area contributed by atoms with Crippen LogP contribution in [0, 0.1) is 0 Å². The molecule has 164 valence electrons. The van der Waals surface area contributed by atoms with Crippen LogP contribution in [0.3, 0.4) is 0 Å². The van der Waals surface area contributed by atoms with Gasteiger partial charge in [-0.05, 0) is 24.3 Å². The van der Waals surface area contributed by atoms with Crippen molar-refractivity contribution in [2.75, 3.05) is 36.5 Å². The predicted octanol–water partition coefficient (Wildman–Crippen LogP) is 3.92. The van der Waals surface area contributed by atoms with E-state index in [1.165, 1.54) is 0 Å². The zero-order valence-electron chi connectivity index (χ0n) is 17.5. The number of hydrogen-bond donors (Lipinski definition) is 1. The molecule has 0 bridgehead atoms. The summed E-state index contributed by atoms with van der Waals surface area (Å²) in [7, 11) is 0. The maximum atomic E-state index is 6.19. The van der Waals surface area contributed by atoms with Crippen molar-refractivity contribution < 1.29 is 13.6 Å². The highest BCUT2D eigenvalue weighted by atomic mass is 16.5. The molecule has 1 aliphatic rings. The fourth-order valence-corrected chi connectivity index (χ4v) is 3.69. The monoisotopic (exact) mass is 441 g/mol. The molecule has 33 heavy (non-hydrogen) atoms. The van der Waals surface area contributed by atoms with Gasteiger partial charge >= 0.3 is 6.01 Å². The van der Waals surface area contributed by atoms with Gasteiger partial charge in [-0.1, -0.05) is 23.3 Å². The number of anilines is 3. The molecule has 0 spiro atoms. The van der Waals surface area contributed by atoms with Crippen LogP contribution in [0.1, 0.15) is 0 Å². The van der Waals surface area contributed by atoms with Crippen molar-refractivity contribution in [2.45, 2.75) is 0 Å². The van der Waals surface area contributed by atoms with Gasteiger partial charge in [-0.15, -0.1) is 5.10 Å². The lowest BCUT2D eigenvalue weighted by Crippen LogP contribution is -2.37. The van der Waals surface area contributed by atoms with Gasteiger partial charge in [0.15, 0.2) is 11.4 Å². The van der Waals surface area contributed by atoms with Crippen molar-refractivity contribution in [2.24, 2.45) is 0 Å². The number of pyridine rings is 1. The van der Waals surface area contributed by atoms with E-state index in [4.69, 9.17) is 18.6 Å². The second-order valence-electron chi connectivity index (χ2n) is 7.43. The van der Waals surface area contributed by atoms with E-state index in [2.05, 4.69) is 30.4 Å². The van der Waals surface area contributed by atoms with Crippen LogP contribution >= 0.6 is 0 Å². The van der Waals surface area contributed by atoms with E-state index in [0.29, 0.717) is 60.8 Å². The summed E-state index contributed by atoms with van der Waals surface area (Å²) < 4.78 is 17.5. The fraction of sp³-hybridized carbons (Fsp3) is 0.174. The standard InChI is InChI=1S/C23H19N7O3/c1-2-4-16(5-3-1)21-28-29-23(33-21)27-22-25-17-14-18(15-6-8-24-9-7-15)32-19(17)20(26-22)30-10-12-31-13-11-30/h1-9,14H,10-13H2,(H,25,26,27,29). The first-order valence-corrected chi connectivity index (χ1v) is 10.5. The summed E-state index contributed by atoms with van der Waals surface area (Å²) in [5.41, 5.74) is 3.03. The lowest BCUT2D eigenvalue weighted by atomic mass is 10.2. The quantitative estimate of drug-likeness (QED) is 0.430. The van der Waals surface area contributed by atoms with E-state index in [-0.39, 0.29) is 6.01 Å². The van der Waals surface area contributed by atoms with Crippen molar-refractivity contribution in [3.63, 3.8) is 0 Å². The Bertz CT molecular complexity index is 1380. The topological polar surface area (TPSA) is 115 Å². The highest BCUT2D eigenvalue weighted by Crippen LogP contribution is 2.33. The Kier molecular flexibility index (Phi) is 4.89. The first-order chi connectivity index (χ1) is 16.3. The first-order valence-electron chi connectivity index (χ1n) is 10.5. The molecule has 1 fully saturated rings. The van der Waals surface area contributed by atoms with Gasteiger partial charge in [0.1, 0.15) is 11.3 Å². The summed E-state index contributed by atoms with van der Waals surface area (Å²) in [6.07, 6.45) is 3.45. The maximum Gasteiger partial charge on any atom is 0.322 e. The molecule has 0 amide bonds. The molecule has 5 aromatic rings. The van der Waals surface area contributed by atoms with Gasteiger partial charge in [-0.2, -0.15) is 4.98 Å². The number of furan rings is 1. The van der Waals surface area contributed by atoms with Crippen LogP contribution in [-0.4, -0.2) is 51.5 Å². The van der Waals surface area contributed by atoms with Gasteiger partial charge in [0, 0.05) is 42.7 Å². The van der Waals surface area contributed by atoms with E-state index in [1.807, 2.05) is 48.5 Å². The third kappa shape index (κ3) is 3.87. The lowest BCUT2D eigenvalue weighted by molar-refractivity contribution is 0.122. The number of rotatable bonds is 5. The van der Waals surface area contributed by atoms with E-state index in [0.717, 1.165) is 11.1 Å². The summed E-state index contributed by atoms with van der Waals surface area (Å²) in [4.78, 5) is 15.6. The smallest absolute Gasteiger partial charge is 0.322 e. The van der Waals surface area contributed by atoms with Gasteiger partial charge in [-0.3, -0.25) is 10.3 Å². The Hall–Kier alpha value is -4.31. The van der Waals surface area contributed by atoms with E-state index in [9.17, 15) is 0 Å². The molecule has 0 aliphatic carbocycles. The number of fused-ring (bicyclic) bond motifs is 1. The molecule has 1 N–H and O–H groups in total. The molecule has 0 radical (unpaired) electrons. The van der Waals surface area contributed by atoms with Gasteiger partial charge in [0.25, 0.3) is 0 Å². The average molecular weight is 441 g/mol. The minimum Gasteiger partial charge on any atom is -0.450 e. The van der Waals surface area contributed by atoms with E-state index in [1.54, 1.807) is 12.4 Å². The summed E-state index contributed by atoms with van der Waals surface area (Å²) >= 11 is 0. The molecule has 1 aliphatic heterocycles. The van der Waals surface area contributed by atoms with Crippen LogP contribution in [0.15, 0.2) is 69.8 Å². The SMILES string of the molecule is c1ccc(-c2nnc(Nc3nc(N4CCOCC4)c4oc(-c5ccncc5)cc4n3)o2)cc1. The molecule has 4 aromatic heterocycles. The number of ether oxygens (including phenoxy) is 1. The molecule has 0 saturated carbocycles. The Labute approximate surface area is 188 Å². The normalized spacial score (nSPS) is 14.0. The van der Waals surface area contributed by atoms with Gasteiger partial charge < -0.3 is 18.5 Å². The average Bonchev–Trinajstić information content (AvgIpc) is 3.53. The number of aromatic nitrogens is 5. The van der Waals surface area contributed by atoms with E-state index < -0.39 is 0 Å². The largest absolute Gasteiger partial charge is 0.450 e. The van der Waals surface area contributed by atoms with Crippen LogP contribution in [0.5, 0.6) is 0 Å². The highest BCUT2D eigenvalue weighted by molar-refractivity contribution is 5.89. The summed E-state index contributed by atoms with van der Waals surface area (Å²) in [6.45, 7) is 2.65. The molecule has 5 heterocycles. The van der Waals surface area contributed by atoms with Gasteiger partial charge in [0.2, 0.25) is 11.8 Å². The molecular formula is C23H19N7O3. The number of benzene rings is 1. The van der Waals surface area contributed by atoms with E-state index >= 15 is 0 Å². The number of hydrogen-bond acceptors (Lipinski definition) is 10. The Balaban J connectivity index is 1.38. The van der Waals surface area contributed by atoms with Crippen LogP contribution < -0.4 is 10.2 Å². The van der Waals surface area contributed by atoms with Crippen LogP contribution in [0.2, 0.25) is 0 Å². The third-order valence-electron chi connectivity index (χ3n) is 5.29. The number of nitrogens with one attached hydrogen (secondary N) is 1. The van der Waals surface area contributed by atoms with Gasteiger partial charge in [-0.25, -0.2) is 4.98 Å².